The van der Waals surface area contributed by atoms with Crippen LogP contribution in [0, 0.1) is 9.39 Å². The lowest BCUT2D eigenvalue weighted by Crippen LogP contribution is -2.07. The summed E-state index contributed by atoms with van der Waals surface area (Å²) >= 11 is 1.95. The van der Waals surface area contributed by atoms with Gasteiger partial charge in [0.15, 0.2) is 0 Å². The Morgan fingerprint density at radius 1 is 1.50 bits per heavy atom. The molecule has 0 heterocycles. The van der Waals surface area contributed by atoms with Gasteiger partial charge < -0.3 is 5.73 Å². The third kappa shape index (κ3) is 2.57. The molecule has 0 fully saturated rings. The number of hydrogen-bond donors (Lipinski definition) is 1. The molecular weight excluding hydrogens is 291 g/mol. The third-order valence-electron chi connectivity index (χ3n) is 1.47. The van der Waals surface area contributed by atoms with Crippen molar-refractivity contribution in [3.05, 3.63) is 33.1 Å². The molecule has 2 N–H and O–H groups in total. The fourth-order valence-corrected chi connectivity index (χ4v) is 1.39. The zero-order valence-corrected chi connectivity index (χ0v) is 9.52. The van der Waals surface area contributed by atoms with Crippen molar-refractivity contribution in [1.82, 2.24) is 0 Å². The van der Waals surface area contributed by atoms with Crippen LogP contribution in [0.5, 0.6) is 0 Å². The van der Waals surface area contributed by atoms with Crippen LogP contribution in [0.1, 0.15) is 18.5 Å². The van der Waals surface area contributed by atoms with E-state index in [-0.39, 0.29) is 24.3 Å². The topological polar surface area (TPSA) is 26.0 Å². The van der Waals surface area contributed by atoms with Crippen molar-refractivity contribution in [2.24, 2.45) is 5.73 Å². The van der Waals surface area contributed by atoms with Gasteiger partial charge in [0.2, 0.25) is 0 Å². The van der Waals surface area contributed by atoms with Gasteiger partial charge >= 0.3 is 0 Å². The molecule has 0 unspecified atom stereocenters. The zero-order valence-electron chi connectivity index (χ0n) is 6.55. The molecule has 4 heteroatoms. The summed E-state index contributed by atoms with van der Waals surface area (Å²) in [4.78, 5) is 0. The minimum Gasteiger partial charge on any atom is -0.324 e. The van der Waals surface area contributed by atoms with Crippen molar-refractivity contribution in [1.29, 1.82) is 0 Å². The molecule has 1 nitrogen and oxygen atoms in total. The lowest BCUT2D eigenvalue weighted by atomic mass is 10.1. The van der Waals surface area contributed by atoms with E-state index >= 15 is 0 Å². The highest BCUT2D eigenvalue weighted by molar-refractivity contribution is 14.1. The van der Waals surface area contributed by atoms with Gasteiger partial charge in [0.05, 0.1) is 0 Å². The average Bonchev–Trinajstić information content (AvgIpc) is 1.94. The lowest BCUT2D eigenvalue weighted by Gasteiger charge is -2.06. The quantitative estimate of drug-likeness (QED) is 0.793. The Kier molecular flexibility index (Phi) is 5.04. The third-order valence-corrected chi connectivity index (χ3v) is 2.31. The Balaban J connectivity index is 0.00000121. The molecule has 0 bridgehead atoms. The highest BCUT2D eigenvalue weighted by Crippen LogP contribution is 2.18. The summed E-state index contributed by atoms with van der Waals surface area (Å²) in [6, 6.07) is 5.01. The van der Waals surface area contributed by atoms with Crippen LogP contribution in [0.25, 0.3) is 0 Å². The first-order chi connectivity index (χ1) is 5.13. The molecule has 1 aromatic rings. The van der Waals surface area contributed by atoms with Crippen LogP contribution in [0.3, 0.4) is 0 Å². The summed E-state index contributed by atoms with van der Waals surface area (Å²) in [6.07, 6.45) is 0. The van der Waals surface area contributed by atoms with Gasteiger partial charge in [0, 0.05) is 15.2 Å². The van der Waals surface area contributed by atoms with Crippen LogP contribution >= 0.6 is 35.0 Å². The molecule has 0 amide bonds. The predicted molar refractivity (Wildman–Crippen MR) is 59.0 cm³/mol. The highest BCUT2D eigenvalue weighted by atomic mass is 127. The zero-order chi connectivity index (χ0) is 8.43. The number of rotatable bonds is 1. The Labute approximate surface area is 91.1 Å². The van der Waals surface area contributed by atoms with Crippen molar-refractivity contribution >= 4 is 35.0 Å². The molecule has 1 rings (SSSR count). The molecule has 0 saturated carbocycles. The molecule has 0 radical (unpaired) electrons. The van der Waals surface area contributed by atoms with Gasteiger partial charge in [0.25, 0.3) is 0 Å². The van der Waals surface area contributed by atoms with Gasteiger partial charge in [-0.15, -0.1) is 12.4 Å². The summed E-state index contributed by atoms with van der Waals surface area (Å²) < 4.78 is 13.8. The Morgan fingerprint density at radius 3 is 2.50 bits per heavy atom. The molecule has 68 valence electrons. The Bertz CT molecular complexity index is 265. The summed E-state index contributed by atoms with van der Waals surface area (Å²) in [7, 11) is 0. The van der Waals surface area contributed by atoms with Crippen LogP contribution in [0.4, 0.5) is 4.39 Å². The van der Waals surface area contributed by atoms with E-state index in [0.29, 0.717) is 9.13 Å². The van der Waals surface area contributed by atoms with Crippen LogP contribution in [-0.2, 0) is 0 Å². The van der Waals surface area contributed by atoms with E-state index in [0.717, 1.165) is 0 Å². The van der Waals surface area contributed by atoms with E-state index in [4.69, 9.17) is 5.73 Å². The lowest BCUT2D eigenvalue weighted by molar-refractivity contribution is 0.587. The maximum Gasteiger partial charge on any atom is 0.141 e. The molecule has 0 aliphatic carbocycles. The second-order valence-electron chi connectivity index (χ2n) is 2.43. The SMILES string of the molecule is C[C@@H](N)c1cccc(I)c1F.Cl. The minimum absolute atomic E-state index is 0. The fourth-order valence-electron chi connectivity index (χ4n) is 0.872. The average molecular weight is 302 g/mol. The van der Waals surface area contributed by atoms with Crippen molar-refractivity contribution in [2.45, 2.75) is 13.0 Å². The Morgan fingerprint density at radius 2 is 2.08 bits per heavy atom. The molecule has 0 spiro atoms. The summed E-state index contributed by atoms with van der Waals surface area (Å²) in [6.45, 7) is 1.77. The molecule has 1 aromatic carbocycles. The van der Waals surface area contributed by atoms with Crippen LogP contribution in [-0.4, -0.2) is 0 Å². The first kappa shape index (κ1) is 12.1. The van der Waals surface area contributed by atoms with Crippen molar-refractivity contribution in [3.8, 4) is 0 Å². The van der Waals surface area contributed by atoms with Crippen LogP contribution < -0.4 is 5.73 Å². The summed E-state index contributed by atoms with van der Waals surface area (Å²) in [5, 5.41) is 0. The first-order valence-electron chi connectivity index (χ1n) is 3.32. The fraction of sp³-hybridized carbons (Fsp3) is 0.250. The highest BCUT2D eigenvalue weighted by Gasteiger charge is 2.08. The Hall–Kier alpha value is 0.130. The van der Waals surface area contributed by atoms with Gasteiger partial charge in [0.1, 0.15) is 5.82 Å². The number of nitrogens with two attached hydrogens (primary N) is 1. The van der Waals surface area contributed by atoms with E-state index in [1.54, 1.807) is 19.1 Å². The minimum atomic E-state index is -0.232. The molecule has 0 aromatic heterocycles. The van der Waals surface area contributed by atoms with Gasteiger partial charge in [-0.2, -0.15) is 0 Å². The maximum atomic E-state index is 13.2. The van der Waals surface area contributed by atoms with E-state index in [1.807, 2.05) is 28.7 Å². The van der Waals surface area contributed by atoms with E-state index in [2.05, 4.69) is 0 Å². The van der Waals surface area contributed by atoms with E-state index in [1.165, 1.54) is 0 Å². The summed E-state index contributed by atoms with van der Waals surface area (Å²) in [5.74, 6) is -0.192. The van der Waals surface area contributed by atoms with Crippen LogP contribution in [0.15, 0.2) is 18.2 Å². The molecule has 0 aliphatic rings. The van der Waals surface area contributed by atoms with Gasteiger partial charge in [-0.05, 0) is 35.6 Å². The second-order valence-corrected chi connectivity index (χ2v) is 3.59. The number of halogens is 3. The van der Waals surface area contributed by atoms with Crippen molar-refractivity contribution in [3.63, 3.8) is 0 Å². The largest absolute Gasteiger partial charge is 0.324 e. The predicted octanol–water partition coefficient (Wildman–Crippen LogP) is 2.87. The normalized spacial score (nSPS) is 12.0. The number of benzene rings is 1. The van der Waals surface area contributed by atoms with Gasteiger partial charge in [-0.1, -0.05) is 12.1 Å². The monoisotopic (exact) mass is 301 g/mol. The smallest absolute Gasteiger partial charge is 0.141 e. The van der Waals surface area contributed by atoms with Gasteiger partial charge in [-0.3, -0.25) is 0 Å². The molecule has 0 saturated heterocycles. The van der Waals surface area contributed by atoms with E-state index in [9.17, 15) is 4.39 Å². The summed E-state index contributed by atoms with van der Waals surface area (Å²) in [5.41, 5.74) is 6.12. The standard InChI is InChI=1S/C8H9FIN.ClH/c1-5(11)6-3-2-4-7(10)8(6)9;/h2-5H,11H2,1H3;1H/t5-;/m1./s1. The number of hydrogen-bond acceptors (Lipinski definition) is 1. The van der Waals surface area contributed by atoms with Crippen molar-refractivity contribution in [2.75, 3.05) is 0 Å². The van der Waals surface area contributed by atoms with E-state index < -0.39 is 0 Å². The molecule has 1 atom stereocenters. The molecular formula is C8H10ClFIN. The van der Waals surface area contributed by atoms with Gasteiger partial charge in [-0.25, -0.2) is 4.39 Å². The van der Waals surface area contributed by atoms with Crippen molar-refractivity contribution < 1.29 is 4.39 Å². The van der Waals surface area contributed by atoms with Crippen LogP contribution in [0.2, 0.25) is 0 Å². The molecule has 0 aliphatic heterocycles. The first-order valence-corrected chi connectivity index (χ1v) is 4.40. The maximum absolute atomic E-state index is 13.2. The second kappa shape index (κ2) is 4.99. The molecule has 12 heavy (non-hydrogen) atoms.